The summed E-state index contributed by atoms with van der Waals surface area (Å²) in [5, 5.41) is 6.66. The van der Waals surface area contributed by atoms with Gasteiger partial charge in [0.05, 0.1) is 18.4 Å². The summed E-state index contributed by atoms with van der Waals surface area (Å²) in [4.78, 5) is 0. The summed E-state index contributed by atoms with van der Waals surface area (Å²) in [6.07, 6.45) is -3.34. The molecule has 0 bridgehead atoms. The summed E-state index contributed by atoms with van der Waals surface area (Å²) in [5.74, 6) is 0. The number of halogens is 3. The first-order chi connectivity index (χ1) is 9.45. The lowest BCUT2D eigenvalue weighted by Gasteiger charge is -2.09. The topological polar surface area (TPSA) is 45.6 Å². The van der Waals surface area contributed by atoms with Crippen molar-refractivity contribution in [3.63, 3.8) is 0 Å². The lowest BCUT2D eigenvalue weighted by molar-refractivity contribution is -0.137. The van der Waals surface area contributed by atoms with Crippen LogP contribution in [0, 0.1) is 0 Å². The summed E-state index contributed by atoms with van der Waals surface area (Å²) in [7, 11) is 1.55. The molecule has 1 aromatic carbocycles. The molecule has 20 heavy (non-hydrogen) atoms. The molecular weight excluding hydrogens is 291 g/mol. The highest BCUT2D eigenvalue weighted by Gasteiger charge is 2.32. The molecule has 1 rings (SSSR count). The van der Waals surface area contributed by atoms with Gasteiger partial charge in [0.15, 0.2) is 5.11 Å². The van der Waals surface area contributed by atoms with Gasteiger partial charge in [-0.1, -0.05) is 18.2 Å². The van der Waals surface area contributed by atoms with Crippen molar-refractivity contribution in [2.45, 2.75) is 6.18 Å². The standard InChI is InChI=1S/C12H14F3N3OS/c1-19-7-6-16-11(20)18-17-8-9-4-2-3-5-10(9)12(13,14)15/h2-5,8H,6-7H2,1H3,(H2,16,18,20)/b17-8+. The van der Waals surface area contributed by atoms with E-state index in [9.17, 15) is 13.2 Å². The number of nitrogens with one attached hydrogen (secondary N) is 2. The minimum absolute atomic E-state index is 0.0350. The van der Waals surface area contributed by atoms with Gasteiger partial charge >= 0.3 is 6.18 Å². The number of hydrazone groups is 1. The van der Waals surface area contributed by atoms with Gasteiger partial charge in [-0.15, -0.1) is 0 Å². The number of rotatable bonds is 5. The quantitative estimate of drug-likeness (QED) is 0.379. The van der Waals surface area contributed by atoms with E-state index in [1.807, 2.05) is 0 Å². The van der Waals surface area contributed by atoms with Crippen LogP contribution in [0.15, 0.2) is 29.4 Å². The average molecular weight is 305 g/mol. The zero-order chi connectivity index (χ0) is 15.0. The van der Waals surface area contributed by atoms with Crippen molar-refractivity contribution in [1.29, 1.82) is 0 Å². The second-order valence-electron chi connectivity index (χ2n) is 3.70. The largest absolute Gasteiger partial charge is 0.417 e. The fourth-order valence-corrected chi connectivity index (χ4v) is 1.49. The van der Waals surface area contributed by atoms with Crippen LogP contribution in [-0.4, -0.2) is 31.6 Å². The van der Waals surface area contributed by atoms with Crippen LogP contribution in [0.25, 0.3) is 0 Å². The lowest BCUT2D eigenvalue weighted by Crippen LogP contribution is -2.34. The molecule has 110 valence electrons. The van der Waals surface area contributed by atoms with Crippen molar-refractivity contribution in [3.8, 4) is 0 Å². The monoisotopic (exact) mass is 305 g/mol. The molecule has 0 atom stereocenters. The van der Waals surface area contributed by atoms with Crippen LogP contribution in [0.2, 0.25) is 0 Å². The van der Waals surface area contributed by atoms with Crippen LogP contribution in [-0.2, 0) is 10.9 Å². The maximum Gasteiger partial charge on any atom is 0.417 e. The van der Waals surface area contributed by atoms with E-state index in [2.05, 4.69) is 15.8 Å². The molecule has 0 radical (unpaired) electrons. The smallest absolute Gasteiger partial charge is 0.383 e. The molecule has 0 unspecified atom stereocenters. The number of thiocarbonyl (C=S) groups is 1. The summed E-state index contributed by atoms with van der Waals surface area (Å²) >= 11 is 4.88. The number of benzene rings is 1. The molecular formula is C12H14F3N3OS. The Bertz CT molecular complexity index is 477. The van der Waals surface area contributed by atoms with Gasteiger partial charge in [0.2, 0.25) is 0 Å². The van der Waals surface area contributed by atoms with Crippen LogP contribution < -0.4 is 10.7 Å². The molecule has 8 heteroatoms. The molecule has 0 amide bonds. The van der Waals surface area contributed by atoms with Gasteiger partial charge in [-0.25, -0.2) is 0 Å². The second kappa shape index (κ2) is 7.81. The van der Waals surface area contributed by atoms with Crippen molar-refractivity contribution < 1.29 is 17.9 Å². The summed E-state index contributed by atoms with van der Waals surface area (Å²) in [6.45, 7) is 0.944. The van der Waals surface area contributed by atoms with Crippen molar-refractivity contribution in [2.75, 3.05) is 20.3 Å². The Morgan fingerprint density at radius 1 is 1.40 bits per heavy atom. The van der Waals surface area contributed by atoms with E-state index in [1.165, 1.54) is 18.2 Å². The van der Waals surface area contributed by atoms with Crippen molar-refractivity contribution in [1.82, 2.24) is 10.7 Å². The van der Waals surface area contributed by atoms with Gasteiger partial charge < -0.3 is 10.1 Å². The molecule has 0 aromatic heterocycles. The zero-order valence-corrected chi connectivity index (χ0v) is 11.5. The summed E-state index contributed by atoms with van der Waals surface area (Å²) in [6, 6.07) is 5.15. The van der Waals surface area contributed by atoms with Gasteiger partial charge in [-0.3, -0.25) is 5.43 Å². The van der Waals surface area contributed by atoms with Crippen LogP contribution in [0.5, 0.6) is 0 Å². The number of nitrogens with zero attached hydrogens (tertiary/aromatic N) is 1. The Kier molecular flexibility index (Phi) is 6.40. The molecule has 0 aliphatic carbocycles. The minimum atomic E-state index is -4.42. The molecule has 0 fully saturated rings. The van der Waals surface area contributed by atoms with Gasteiger partial charge in [-0.05, 0) is 18.3 Å². The number of hydrogen-bond donors (Lipinski definition) is 2. The van der Waals surface area contributed by atoms with E-state index in [0.29, 0.717) is 13.2 Å². The van der Waals surface area contributed by atoms with E-state index in [1.54, 1.807) is 7.11 Å². The van der Waals surface area contributed by atoms with E-state index < -0.39 is 11.7 Å². The normalized spacial score (nSPS) is 11.6. The molecule has 4 nitrogen and oxygen atoms in total. The first kappa shape index (κ1) is 16.4. The minimum Gasteiger partial charge on any atom is -0.383 e. The van der Waals surface area contributed by atoms with Gasteiger partial charge in [-0.2, -0.15) is 18.3 Å². The number of methoxy groups -OCH3 is 1. The second-order valence-corrected chi connectivity index (χ2v) is 4.11. The molecule has 0 heterocycles. The van der Waals surface area contributed by atoms with E-state index >= 15 is 0 Å². The number of ether oxygens (including phenoxy) is 1. The predicted octanol–water partition coefficient (Wildman–Crippen LogP) is 2.15. The Balaban J connectivity index is 2.61. The lowest BCUT2D eigenvalue weighted by atomic mass is 10.1. The third-order valence-electron chi connectivity index (χ3n) is 2.23. The Labute approximate surface area is 120 Å². The number of hydrogen-bond acceptors (Lipinski definition) is 3. The first-order valence-electron chi connectivity index (χ1n) is 5.67. The Morgan fingerprint density at radius 2 is 2.10 bits per heavy atom. The highest BCUT2D eigenvalue weighted by molar-refractivity contribution is 7.80. The highest BCUT2D eigenvalue weighted by atomic mass is 32.1. The van der Waals surface area contributed by atoms with Crippen LogP contribution in [0.3, 0.4) is 0 Å². The fraction of sp³-hybridized carbons (Fsp3) is 0.333. The maximum absolute atomic E-state index is 12.7. The summed E-state index contributed by atoms with van der Waals surface area (Å²) < 4.78 is 42.9. The molecule has 1 aromatic rings. The predicted molar refractivity (Wildman–Crippen MR) is 74.7 cm³/mol. The zero-order valence-electron chi connectivity index (χ0n) is 10.7. The third kappa shape index (κ3) is 5.54. The van der Waals surface area contributed by atoms with Gasteiger partial charge in [0.1, 0.15) is 0 Å². The van der Waals surface area contributed by atoms with Crippen LogP contribution >= 0.6 is 12.2 Å². The molecule has 0 aliphatic rings. The third-order valence-corrected chi connectivity index (χ3v) is 2.46. The van der Waals surface area contributed by atoms with Crippen molar-refractivity contribution in [3.05, 3.63) is 35.4 Å². The first-order valence-corrected chi connectivity index (χ1v) is 6.08. The van der Waals surface area contributed by atoms with Gasteiger partial charge in [0, 0.05) is 19.2 Å². The van der Waals surface area contributed by atoms with Crippen molar-refractivity contribution >= 4 is 23.5 Å². The van der Waals surface area contributed by atoms with Crippen molar-refractivity contribution in [2.24, 2.45) is 5.10 Å². The highest BCUT2D eigenvalue weighted by Crippen LogP contribution is 2.30. The summed E-state index contributed by atoms with van der Waals surface area (Å²) in [5.41, 5.74) is 1.65. The number of alkyl halides is 3. The molecule has 0 saturated heterocycles. The molecule has 0 saturated carbocycles. The SMILES string of the molecule is COCCNC(=S)N/N=C/c1ccccc1C(F)(F)F. The van der Waals surface area contributed by atoms with Gasteiger partial charge in [0.25, 0.3) is 0 Å². The van der Waals surface area contributed by atoms with Crippen LogP contribution in [0.4, 0.5) is 13.2 Å². The Morgan fingerprint density at radius 3 is 2.75 bits per heavy atom. The van der Waals surface area contributed by atoms with E-state index in [0.717, 1.165) is 12.3 Å². The van der Waals surface area contributed by atoms with E-state index in [4.69, 9.17) is 17.0 Å². The average Bonchev–Trinajstić information content (AvgIpc) is 2.38. The molecule has 0 spiro atoms. The fourth-order valence-electron chi connectivity index (χ4n) is 1.33. The molecule has 0 aliphatic heterocycles. The van der Waals surface area contributed by atoms with Crippen LogP contribution in [0.1, 0.15) is 11.1 Å². The van der Waals surface area contributed by atoms with E-state index in [-0.39, 0.29) is 10.7 Å². The Hall–Kier alpha value is -1.67. The maximum atomic E-state index is 12.7. The molecule has 2 N–H and O–H groups in total.